The van der Waals surface area contributed by atoms with Crippen LogP contribution in [0.25, 0.3) is 0 Å². The van der Waals surface area contributed by atoms with Gasteiger partial charge in [0.1, 0.15) is 17.9 Å². The number of rotatable bonds is 4. The van der Waals surface area contributed by atoms with Gasteiger partial charge in [-0.05, 0) is 19.3 Å². The number of aryl methyl sites for hydroxylation is 1. The Hall–Kier alpha value is -1.19. The topological polar surface area (TPSA) is 47.8 Å². The van der Waals surface area contributed by atoms with Crippen LogP contribution in [0.3, 0.4) is 0 Å². The Labute approximate surface area is 96.1 Å². The Morgan fingerprint density at radius 3 is 2.69 bits per heavy atom. The van der Waals surface area contributed by atoms with Crippen LogP contribution in [0.15, 0.2) is 6.33 Å². The average Bonchev–Trinajstić information content (AvgIpc) is 2.89. The average molecular weight is 221 g/mol. The molecule has 0 saturated heterocycles. The summed E-state index contributed by atoms with van der Waals surface area (Å²) >= 11 is 0. The fourth-order valence-electron chi connectivity index (χ4n) is 2.69. The molecule has 0 unspecified atom stereocenters. The molecule has 0 amide bonds. The summed E-state index contributed by atoms with van der Waals surface area (Å²) in [5.41, 5.74) is -0.0635. The molecular weight excluding hydrogens is 202 g/mol. The van der Waals surface area contributed by atoms with Crippen molar-refractivity contribution in [2.45, 2.75) is 45.4 Å². The summed E-state index contributed by atoms with van der Waals surface area (Å²) in [6, 6.07) is 0. The van der Waals surface area contributed by atoms with Crippen molar-refractivity contribution in [3.63, 3.8) is 0 Å². The van der Waals surface area contributed by atoms with E-state index in [2.05, 4.69) is 17.0 Å². The quantitative estimate of drug-likeness (QED) is 0.780. The Bertz CT molecular complexity index is 377. The zero-order valence-corrected chi connectivity index (χ0v) is 10.1. The van der Waals surface area contributed by atoms with Crippen LogP contribution < -0.4 is 0 Å². The summed E-state index contributed by atoms with van der Waals surface area (Å²) in [5.74, 6) is 1.13. The van der Waals surface area contributed by atoms with E-state index in [-0.39, 0.29) is 5.41 Å². The van der Waals surface area contributed by atoms with Crippen LogP contribution in [0.4, 0.5) is 0 Å². The van der Waals surface area contributed by atoms with E-state index < -0.39 is 0 Å². The molecule has 0 aliphatic heterocycles. The molecule has 0 atom stereocenters. The van der Waals surface area contributed by atoms with Crippen molar-refractivity contribution in [3.8, 4) is 0 Å². The van der Waals surface area contributed by atoms with Crippen molar-refractivity contribution in [3.05, 3.63) is 12.2 Å². The third-order valence-electron chi connectivity index (χ3n) is 3.95. The monoisotopic (exact) mass is 221 g/mol. The molecule has 1 aliphatic carbocycles. The van der Waals surface area contributed by atoms with Crippen LogP contribution in [0.5, 0.6) is 0 Å². The molecule has 1 heterocycles. The van der Waals surface area contributed by atoms with E-state index >= 15 is 0 Å². The largest absolute Gasteiger partial charge is 0.299 e. The normalized spacial score (nSPS) is 18.9. The molecule has 0 radical (unpaired) electrons. The molecule has 1 aromatic rings. The van der Waals surface area contributed by atoms with E-state index in [1.807, 2.05) is 7.05 Å². The van der Waals surface area contributed by atoms with Gasteiger partial charge >= 0.3 is 0 Å². The van der Waals surface area contributed by atoms with Crippen molar-refractivity contribution in [1.29, 1.82) is 0 Å². The minimum Gasteiger partial charge on any atom is -0.299 e. The lowest BCUT2D eigenvalue weighted by molar-refractivity contribution is -0.128. The molecule has 0 spiro atoms. The number of hydrogen-bond acceptors (Lipinski definition) is 3. The standard InChI is InChI=1S/C12H19N3O/c1-3-12(6-4-5-7-12)10(16)8-11-13-9-14-15(11)2/h9H,3-8H2,1-2H3. The Balaban J connectivity index is 2.10. The molecule has 0 aromatic carbocycles. The van der Waals surface area contributed by atoms with Gasteiger partial charge in [0.25, 0.3) is 0 Å². The number of carbonyl (C=O) groups excluding carboxylic acids is 1. The van der Waals surface area contributed by atoms with Gasteiger partial charge in [-0.2, -0.15) is 5.10 Å². The molecule has 1 aliphatic rings. The molecule has 2 rings (SSSR count). The number of carbonyl (C=O) groups is 1. The van der Waals surface area contributed by atoms with Crippen LogP contribution in [0.2, 0.25) is 0 Å². The summed E-state index contributed by atoms with van der Waals surface area (Å²) in [5, 5.41) is 4.00. The molecule has 0 bridgehead atoms. The van der Waals surface area contributed by atoms with Crippen LogP contribution in [0.1, 0.15) is 44.9 Å². The Morgan fingerprint density at radius 1 is 1.50 bits per heavy atom. The van der Waals surface area contributed by atoms with Gasteiger partial charge in [-0.3, -0.25) is 9.48 Å². The summed E-state index contributed by atoms with van der Waals surface area (Å²) in [6.45, 7) is 2.12. The second kappa shape index (κ2) is 4.36. The van der Waals surface area contributed by atoms with Gasteiger partial charge in [0.15, 0.2) is 0 Å². The van der Waals surface area contributed by atoms with Gasteiger partial charge in [0.2, 0.25) is 0 Å². The van der Waals surface area contributed by atoms with Gasteiger partial charge < -0.3 is 0 Å². The van der Waals surface area contributed by atoms with Crippen LogP contribution >= 0.6 is 0 Å². The molecule has 4 heteroatoms. The summed E-state index contributed by atoms with van der Waals surface area (Å²) < 4.78 is 1.69. The minimum absolute atomic E-state index is 0.0635. The lowest BCUT2D eigenvalue weighted by Crippen LogP contribution is -2.29. The van der Waals surface area contributed by atoms with E-state index in [1.165, 1.54) is 19.2 Å². The summed E-state index contributed by atoms with van der Waals surface area (Å²) in [6.07, 6.45) is 7.40. The van der Waals surface area contributed by atoms with E-state index in [1.54, 1.807) is 4.68 Å². The third-order valence-corrected chi connectivity index (χ3v) is 3.95. The molecule has 4 nitrogen and oxygen atoms in total. The predicted molar refractivity (Wildman–Crippen MR) is 60.9 cm³/mol. The van der Waals surface area contributed by atoms with E-state index in [4.69, 9.17) is 0 Å². The minimum atomic E-state index is -0.0635. The SMILES string of the molecule is CCC1(C(=O)Cc2ncnn2C)CCCC1. The van der Waals surface area contributed by atoms with Gasteiger partial charge in [0, 0.05) is 12.5 Å². The second-order valence-corrected chi connectivity index (χ2v) is 4.74. The van der Waals surface area contributed by atoms with Crippen molar-refractivity contribution in [2.24, 2.45) is 12.5 Å². The highest BCUT2D eigenvalue weighted by molar-refractivity contribution is 5.86. The zero-order chi connectivity index (χ0) is 11.6. The molecule has 88 valence electrons. The van der Waals surface area contributed by atoms with E-state index in [9.17, 15) is 4.79 Å². The molecular formula is C12H19N3O. The fraction of sp³-hybridized carbons (Fsp3) is 0.750. The van der Waals surface area contributed by atoms with Gasteiger partial charge in [0.05, 0.1) is 6.42 Å². The maximum atomic E-state index is 12.3. The van der Waals surface area contributed by atoms with Crippen molar-refractivity contribution in [1.82, 2.24) is 14.8 Å². The first-order chi connectivity index (χ1) is 7.68. The smallest absolute Gasteiger partial charge is 0.146 e. The van der Waals surface area contributed by atoms with Crippen LogP contribution in [-0.2, 0) is 18.3 Å². The van der Waals surface area contributed by atoms with E-state index in [0.717, 1.165) is 25.1 Å². The fourth-order valence-corrected chi connectivity index (χ4v) is 2.69. The number of nitrogens with zero attached hydrogens (tertiary/aromatic N) is 3. The maximum Gasteiger partial charge on any atom is 0.146 e. The van der Waals surface area contributed by atoms with E-state index in [0.29, 0.717) is 12.2 Å². The lowest BCUT2D eigenvalue weighted by atomic mass is 9.78. The number of ketones is 1. The third kappa shape index (κ3) is 1.88. The lowest BCUT2D eigenvalue weighted by Gasteiger charge is -2.25. The van der Waals surface area contributed by atoms with Crippen molar-refractivity contribution < 1.29 is 4.79 Å². The second-order valence-electron chi connectivity index (χ2n) is 4.74. The summed E-state index contributed by atoms with van der Waals surface area (Å²) in [7, 11) is 1.84. The summed E-state index contributed by atoms with van der Waals surface area (Å²) in [4.78, 5) is 16.5. The highest BCUT2D eigenvalue weighted by Crippen LogP contribution is 2.42. The van der Waals surface area contributed by atoms with Crippen molar-refractivity contribution in [2.75, 3.05) is 0 Å². The number of hydrogen-bond donors (Lipinski definition) is 0. The first kappa shape index (κ1) is 11.3. The maximum absolute atomic E-state index is 12.3. The Kier molecular flexibility index (Phi) is 3.08. The molecule has 16 heavy (non-hydrogen) atoms. The highest BCUT2D eigenvalue weighted by Gasteiger charge is 2.39. The highest BCUT2D eigenvalue weighted by atomic mass is 16.1. The zero-order valence-electron chi connectivity index (χ0n) is 10.1. The van der Waals surface area contributed by atoms with Gasteiger partial charge in [-0.25, -0.2) is 4.98 Å². The molecule has 1 saturated carbocycles. The van der Waals surface area contributed by atoms with Crippen LogP contribution in [-0.4, -0.2) is 20.5 Å². The first-order valence-corrected chi connectivity index (χ1v) is 6.04. The van der Waals surface area contributed by atoms with Crippen LogP contribution in [0, 0.1) is 5.41 Å². The Morgan fingerprint density at radius 2 is 2.19 bits per heavy atom. The number of Topliss-reactive ketones (excluding diaryl/α,β-unsaturated/α-hetero) is 1. The van der Waals surface area contributed by atoms with Gasteiger partial charge in [-0.1, -0.05) is 19.8 Å². The molecule has 0 N–H and O–H groups in total. The first-order valence-electron chi connectivity index (χ1n) is 6.04. The molecule has 1 fully saturated rings. The molecule has 1 aromatic heterocycles. The predicted octanol–water partition coefficient (Wildman–Crippen LogP) is 1.90. The van der Waals surface area contributed by atoms with Gasteiger partial charge in [-0.15, -0.1) is 0 Å². The number of aromatic nitrogens is 3. The van der Waals surface area contributed by atoms with Crippen molar-refractivity contribution >= 4 is 5.78 Å².